The Balaban J connectivity index is 1.63. The lowest BCUT2D eigenvalue weighted by Gasteiger charge is -2.36. The largest absolute Gasteiger partial charge is 0.360 e. The summed E-state index contributed by atoms with van der Waals surface area (Å²) < 4.78 is 13.1. The highest BCUT2D eigenvalue weighted by Crippen LogP contribution is 2.48. The van der Waals surface area contributed by atoms with Gasteiger partial charge in [-0.2, -0.15) is 0 Å². The van der Waals surface area contributed by atoms with Gasteiger partial charge in [0, 0.05) is 17.8 Å². The summed E-state index contributed by atoms with van der Waals surface area (Å²) in [6.07, 6.45) is 8.80. The molecule has 26 heavy (non-hydrogen) atoms. The van der Waals surface area contributed by atoms with E-state index in [1.807, 2.05) is 0 Å². The number of fused-ring (bicyclic) bond motifs is 1. The van der Waals surface area contributed by atoms with Crippen LogP contribution >= 0.6 is 0 Å². The van der Waals surface area contributed by atoms with Crippen molar-refractivity contribution in [1.29, 1.82) is 0 Å². The van der Waals surface area contributed by atoms with E-state index in [0.29, 0.717) is 18.0 Å². The zero-order valence-corrected chi connectivity index (χ0v) is 14.5. The van der Waals surface area contributed by atoms with Gasteiger partial charge in [0.25, 0.3) is 5.91 Å². The summed E-state index contributed by atoms with van der Waals surface area (Å²) in [5, 5.41) is 3.12. The highest BCUT2D eigenvalue weighted by atomic mass is 19.1. The van der Waals surface area contributed by atoms with Gasteiger partial charge in [0.2, 0.25) is 0 Å². The van der Waals surface area contributed by atoms with Gasteiger partial charge in [-0.25, -0.2) is 4.39 Å². The van der Waals surface area contributed by atoms with Crippen LogP contribution in [-0.2, 0) is 0 Å². The standard InChI is InChI=1S/C22H21FN2O/c1-2-13-25-14-12-20(24-22(26)16-8-10-17(23)11-9-16)19-5-3-4-18(21(19)25)15-6-7-15/h1,3-5,8-11,15,20H,6-7,12-14H2,(H,24,26). The maximum atomic E-state index is 13.1. The van der Waals surface area contributed by atoms with Crippen LogP contribution in [0.15, 0.2) is 42.5 Å². The third-order valence-corrected chi connectivity index (χ3v) is 5.19. The lowest BCUT2D eigenvalue weighted by atomic mass is 9.91. The summed E-state index contributed by atoms with van der Waals surface area (Å²) in [6, 6.07) is 11.9. The monoisotopic (exact) mass is 348 g/mol. The van der Waals surface area contributed by atoms with Crippen molar-refractivity contribution in [3.8, 4) is 12.3 Å². The number of amides is 1. The molecule has 2 aliphatic rings. The first-order valence-electron chi connectivity index (χ1n) is 9.05. The Morgan fingerprint density at radius 3 is 2.58 bits per heavy atom. The first-order chi connectivity index (χ1) is 12.7. The van der Waals surface area contributed by atoms with Crippen LogP contribution in [0.4, 0.5) is 10.1 Å². The summed E-state index contributed by atoms with van der Waals surface area (Å²) in [4.78, 5) is 14.8. The Morgan fingerprint density at radius 1 is 1.15 bits per heavy atom. The second kappa shape index (κ2) is 6.84. The van der Waals surface area contributed by atoms with Crippen LogP contribution in [0.1, 0.15) is 52.7 Å². The molecule has 1 heterocycles. The maximum absolute atomic E-state index is 13.1. The fourth-order valence-electron chi connectivity index (χ4n) is 3.76. The predicted molar refractivity (Wildman–Crippen MR) is 101 cm³/mol. The Morgan fingerprint density at radius 2 is 1.88 bits per heavy atom. The molecular weight excluding hydrogens is 327 g/mol. The number of anilines is 1. The molecule has 4 rings (SSSR count). The van der Waals surface area contributed by atoms with Gasteiger partial charge >= 0.3 is 0 Å². The lowest BCUT2D eigenvalue weighted by Crippen LogP contribution is -2.38. The van der Waals surface area contributed by atoms with Gasteiger partial charge in [0.1, 0.15) is 5.82 Å². The first kappa shape index (κ1) is 16.7. The minimum Gasteiger partial charge on any atom is -0.360 e. The van der Waals surface area contributed by atoms with E-state index in [-0.39, 0.29) is 17.8 Å². The molecule has 1 aliphatic heterocycles. The normalized spacial score (nSPS) is 18.8. The molecule has 1 aliphatic carbocycles. The molecule has 0 radical (unpaired) electrons. The van der Waals surface area contributed by atoms with E-state index < -0.39 is 0 Å². The van der Waals surface area contributed by atoms with Crippen molar-refractivity contribution >= 4 is 11.6 Å². The maximum Gasteiger partial charge on any atom is 0.251 e. The molecule has 1 amide bonds. The molecule has 1 unspecified atom stereocenters. The second-order valence-corrected chi connectivity index (χ2v) is 7.01. The van der Waals surface area contributed by atoms with Crippen LogP contribution in [0.5, 0.6) is 0 Å². The molecule has 2 aromatic rings. The molecule has 3 nitrogen and oxygen atoms in total. The molecule has 132 valence electrons. The molecule has 0 spiro atoms. The predicted octanol–water partition coefficient (Wildman–Crippen LogP) is 4.02. The van der Waals surface area contributed by atoms with E-state index in [9.17, 15) is 9.18 Å². The number of halogens is 1. The quantitative estimate of drug-likeness (QED) is 0.847. The summed E-state index contributed by atoms with van der Waals surface area (Å²) >= 11 is 0. The minimum absolute atomic E-state index is 0.0599. The topological polar surface area (TPSA) is 32.3 Å². The van der Waals surface area contributed by atoms with Gasteiger partial charge in [0.05, 0.1) is 12.6 Å². The molecule has 0 bridgehead atoms. The lowest BCUT2D eigenvalue weighted by molar-refractivity contribution is 0.0934. The van der Waals surface area contributed by atoms with Crippen LogP contribution in [0.2, 0.25) is 0 Å². The summed E-state index contributed by atoms with van der Waals surface area (Å²) in [5.74, 6) is 2.84. The van der Waals surface area contributed by atoms with Crippen LogP contribution in [0.3, 0.4) is 0 Å². The molecule has 0 aromatic heterocycles. The zero-order valence-electron chi connectivity index (χ0n) is 14.5. The minimum atomic E-state index is -0.344. The summed E-state index contributed by atoms with van der Waals surface area (Å²) in [6.45, 7) is 1.39. The van der Waals surface area contributed by atoms with Crippen LogP contribution < -0.4 is 10.2 Å². The fourth-order valence-corrected chi connectivity index (χ4v) is 3.76. The number of hydrogen-bond donors (Lipinski definition) is 1. The highest BCUT2D eigenvalue weighted by Gasteiger charge is 2.33. The van der Waals surface area contributed by atoms with E-state index in [0.717, 1.165) is 18.5 Å². The van der Waals surface area contributed by atoms with Gasteiger partial charge in [-0.3, -0.25) is 4.79 Å². The highest BCUT2D eigenvalue weighted by molar-refractivity contribution is 5.94. The Bertz CT molecular complexity index is 865. The fraction of sp³-hybridized carbons (Fsp3) is 0.318. The van der Waals surface area contributed by atoms with Gasteiger partial charge in [-0.1, -0.05) is 24.1 Å². The Kier molecular flexibility index (Phi) is 4.38. The van der Waals surface area contributed by atoms with Crippen molar-refractivity contribution < 1.29 is 9.18 Å². The van der Waals surface area contributed by atoms with Gasteiger partial charge in [0.15, 0.2) is 0 Å². The van der Waals surface area contributed by atoms with Gasteiger partial charge in [-0.15, -0.1) is 6.42 Å². The van der Waals surface area contributed by atoms with E-state index in [2.05, 4.69) is 34.3 Å². The number of carbonyl (C=O) groups is 1. The van der Waals surface area contributed by atoms with E-state index in [1.165, 1.54) is 48.4 Å². The summed E-state index contributed by atoms with van der Waals surface area (Å²) in [7, 11) is 0. The van der Waals surface area contributed by atoms with Crippen LogP contribution in [-0.4, -0.2) is 19.0 Å². The number of benzene rings is 2. The van der Waals surface area contributed by atoms with Gasteiger partial charge in [-0.05, 0) is 60.6 Å². The van der Waals surface area contributed by atoms with Crippen molar-refractivity contribution in [3.63, 3.8) is 0 Å². The molecule has 1 saturated carbocycles. The van der Waals surface area contributed by atoms with E-state index in [4.69, 9.17) is 6.42 Å². The molecule has 1 N–H and O–H groups in total. The molecule has 1 fully saturated rings. The number of nitrogens with one attached hydrogen (secondary N) is 1. The third kappa shape index (κ3) is 3.17. The second-order valence-electron chi connectivity index (χ2n) is 7.01. The molecule has 1 atom stereocenters. The number of para-hydroxylation sites is 1. The SMILES string of the molecule is C#CCN1CCC(NC(=O)c2ccc(F)cc2)c2cccc(C3CC3)c21. The number of terminal acetylenes is 1. The number of hydrogen-bond acceptors (Lipinski definition) is 2. The van der Waals surface area contributed by atoms with Crippen molar-refractivity contribution in [1.82, 2.24) is 5.32 Å². The molecular formula is C22H21FN2O. The smallest absolute Gasteiger partial charge is 0.251 e. The number of rotatable bonds is 4. The van der Waals surface area contributed by atoms with E-state index >= 15 is 0 Å². The Labute approximate surface area is 153 Å². The third-order valence-electron chi connectivity index (χ3n) is 5.19. The first-order valence-corrected chi connectivity index (χ1v) is 9.05. The van der Waals surface area contributed by atoms with E-state index in [1.54, 1.807) is 0 Å². The molecule has 4 heteroatoms. The summed E-state index contributed by atoms with van der Waals surface area (Å²) in [5.41, 5.74) is 4.14. The molecule has 2 aromatic carbocycles. The van der Waals surface area contributed by atoms with Crippen LogP contribution in [0.25, 0.3) is 0 Å². The average molecular weight is 348 g/mol. The van der Waals surface area contributed by atoms with Crippen molar-refractivity contribution in [2.24, 2.45) is 0 Å². The van der Waals surface area contributed by atoms with Crippen molar-refractivity contribution in [3.05, 3.63) is 65.0 Å². The Hall–Kier alpha value is -2.80. The van der Waals surface area contributed by atoms with Crippen molar-refractivity contribution in [2.45, 2.75) is 31.2 Å². The van der Waals surface area contributed by atoms with Crippen molar-refractivity contribution in [2.75, 3.05) is 18.0 Å². The van der Waals surface area contributed by atoms with Crippen LogP contribution in [0, 0.1) is 18.2 Å². The average Bonchev–Trinajstić information content (AvgIpc) is 3.49. The number of carbonyl (C=O) groups excluding carboxylic acids is 1. The zero-order chi connectivity index (χ0) is 18.1. The molecule has 0 saturated heterocycles. The number of nitrogens with zero attached hydrogens (tertiary/aromatic N) is 1. The van der Waals surface area contributed by atoms with Gasteiger partial charge < -0.3 is 10.2 Å².